The maximum Gasteiger partial charge on any atom is 0.229 e. The minimum absolute atomic E-state index is 0.521. The quantitative estimate of drug-likeness (QED) is 0.461. The molecule has 0 fully saturated rings. The summed E-state index contributed by atoms with van der Waals surface area (Å²) in [7, 11) is 0. The van der Waals surface area contributed by atoms with E-state index in [0.717, 1.165) is 22.9 Å². The molecule has 5 heteroatoms. The fourth-order valence-corrected chi connectivity index (χ4v) is 2.55. The Kier molecular flexibility index (Phi) is 4.93. The summed E-state index contributed by atoms with van der Waals surface area (Å²) in [6.45, 7) is 0. The Labute approximate surface area is 157 Å². The first kappa shape index (κ1) is 16.6. The van der Waals surface area contributed by atoms with Crippen molar-refractivity contribution in [2.45, 2.75) is 0 Å². The Balaban J connectivity index is 1.53. The number of hydrogen-bond acceptors (Lipinski definition) is 5. The van der Waals surface area contributed by atoms with Crippen LogP contribution in [0.1, 0.15) is 0 Å². The van der Waals surface area contributed by atoms with Crippen molar-refractivity contribution in [3.63, 3.8) is 0 Å². The van der Waals surface area contributed by atoms with Gasteiger partial charge in [-0.3, -0.25) is 0 Å². The van der Waals surface area contributed by atoms with Gasteiger partial charge >= 0.3 is 0 Å². The summed E-state index contributed by atoms with van der Waals surface area (Å²) in [4.78, 5) is 8.80. The van der Waals surface area contributed by atoms with Crippen LogP contribution in [0, 0.1) is 0 Å². The second kappa shape index (κ2) is 8.01. The predicted molar refractivity (Wildman–Crippen MR) is 108 cm³/mol. The van der Waals surface area contributed by atoms with Gasteiger partial charge in [-0.2, -0.15) is 4.98 Å². The molecule has 5 nitrogen and oxygen atoms in total. The molecule has 0 aliphatic rings. The van der Waals surface area contributed by atoms with Gasteiger partial charge in [0.25, 0.3) is 0 Å². The third-order valence-electron chi connectivity index (χ3n) is 3.81. The highest BCUT2D eigenvalue weighted by Crippen LogP contribution is 2.31. The van der Waals surface area contributed by atoms with Gasteiger partial charge in [-0.1, -0.05) is 48.5 Å². The molecule has 2 N–H and O–H groups in total. The highest BCUT2D eigenvalue weighted by atomic mass is 16.5. The van der Waals surface area contributed by atoms with E-state index in [4.69, 9.17) is 4.74 Å². The summed E-state index contributed by atoms with van der Waals surface area (Å²) in [6.07, 6.45) is 1.71. The Morgan fingerprint density at radius 3 is 2.19 bits per heavy atom. The SMILES string of the molecule is c1ccc(Nc2nccc(Nc3ccccc3Oc3ccccc3)n2)cc1. The molecule has 0 aliphatic heterocycles. The zero-order valence-electron chi connectivity index (χ0n) is 14.5. The van der Waals surface area contributed by atoms with Crippen LogP contribution in [0.15, 0.2) is 97.2 Å². The smallest absolute Gasteiger partial charge is 0.229 e. The van der Waals surface area contributed by atoms with E-state index in [1.807, 2.05) is 91.0 Å². The molecule has 4 rings (SSSR count). The third-order valence-corrected chi connectivity index (χ3v) is 3.81. The van der Waals surface area contributed by atoms with Gasteiger partial charge in [-0.25, -0.2) is 4.98 Å². The normalized spacial score (nSPS) is 10.2. The second-order valence-electron chi connectivity index (χ2n) is 5.79. The lowest BCUT2D eigenvalue weighted by molar-refractivity contribution is 0.485. The highest BCUT2D eigenvalue weighted by molar-refractivity contribution is 5.65. The van der Waals surface area contributed by atoms with Crippen molar-refractivity contribution < 1.29 is 4.74 Å². The van der Waals surface area contributed by atoms with Crippen molar-refractivity contribution in [3.05, 3.63) is 97.2 Å². The maximum atomic E-state index is 5.99. The van der Waals surface area contributed by atoms with Gasteiger partial charge in [0.05, 0.1) is 5.69 Å². The lowest BCUT2D eigenvalue weighted by atomic mass is 10.3. The monoisotopic (exact) mass is 354 g/mol. The van der Waals surface area contributed by atoms with Crippen LogP contribution in [-0.4, -0.2) is 9.97 Å². The van der Waals surface area contributed by atoms with Crippen molar-refractivity contribution >= 4 is 23.1 Å². The van der Waals surface area contributed by atoms with Crippen LogP contribution in [0.3, 0.4) is 0 Å². The molecule has 0 amide bonds. The minimum Gasteiger partial charge on any atom is -0.455 e. The lowest BCUT2D eigenvalue weighted by Gasteiger charge is -2.13. The Hall–Kier alpha value is -3.86. The lowest BCUT2D eigenvalue weighted by Crippen LogP contribution is -2.01. The van der Waals surface area contributed by atoms with Crippen LogP contribution < -0.4 is 15.4 Å². The zero-order valence-corrected chi connectivity index (χ0v) is 14.5. The van der Waals surface area contributed by atoms with Gasteiger partial charge in [0, 0.05) is 11.9 Å². The van der Waals surface area contributed by atoms with Crippen LogP contribution in [0.25, 0.3) is 0 Å². The van der Waals surface area contributed by atoms with Crippen LogP contribution in [0.5, 0.6) is 11.5 Å². The molecule has 1 aromatic heterocycles. The molecular weight excluding hydrogens is 336 g/mol. The first-order valence-corrected chi connectivity index (χ1v) is 8.61. The number of anilines is 4. The summed E-state index contributed by atoms with van der Waals surface area (Å²) in [5, 5.41) is 6.49. The molecule has 27 heavy (non-hydrogen) atoms. The number of ether oxygens (including phenoxy) is 1. The number of aromatic nitrogens is 2. The van der Waals surface area contributed by atoms with E-state index in [1.165, 1.54) is 0 Å². The molecule has 3 aromatic carbocycles. The van der Waals surface area contributed by atoms with Gasteiger partial charge in [-0.15, -0.1) is 0 Å². The number of benzene rings is 3. The molecular formula is C22H18N4O. The summed E-state index contributed by atoms with van der Waals surface area (Å²) >= 11 is 0. The number of para-hydroxylation sites is 4. The average Bonchev–Trinajstić information content (AvgIpc) is 2.71. The van der Waals surface area contributed by atoms with E-state index in [9.17, 15) is 0 Å². The molecule has 132 valence electrons. The van der Waals surface area contributed by atoms with Crippen molar-refractivity contribution in [1.82, 2.24) is 9.97 Å². The summed E-state index contributed by atoms with van der Waals surface area (Å²) in [6, 6.07) is 29.1. The van der Waals surface area contributed by atoms with E-state index < -0.39 is 0 Å². The van der Waals surface area contributed by atoms with E-state index in [2.05, 4.69) is 20.6 Å². The molecule has 0 bridgehead atoms. The number of hydrogen-bond donors (Lipinski definition) is 2. The topological polar surface area (TPSA) is 59.1 Å². The van der Waals surface area contributed by atoms with E-state index in [0.29, 0.717) is 11.8 Å². The molecule has 4 aromatic rings. The maximum absolute atomic E-state index is 5.99. The van der Waals surface area contributed by atoms with Gasteiger partial charge in [0.2, 0.25) is 5.95 Å². The third kappa shape index (κ3) is 4.41. The summed E-state index contributed by atoms with van der Waals surface area (Å²) in [5.74, 6) is 2.70. The van der Waals surface area contributed by atoms with Crippen LogP contribution >= 0.6 is 0 Å². The highest BCUT2D eigenvalue weighted by Gasteiger charge is 2.06. The van der Waals surface area contributed by atoms with Crippen molar-refractivity contribution in [1.29, 1.82) is 0 Å². The molecule has 1 heterocycles. The average molecular weight is 354 g/mol. The van der Waals surface area contributed by atoms with Gasteiger partial charge in [0.15, 0.2) is 5.75 Å². The number of nitrogens with one attached hydrogen (secondary N) is 2. The first-order chi connectivity index (χ1) is 13.4. The van der Waals surface area contributed by atoms with E-state index >= 15 is 0 Å². The standard InChI is InChI=1S/C22H18N4O/c1-3-9-17(10-4-1)24-22-23-16-15-21(26-22)25-19-13-7-8-14-20(19)27-18-11-5-2-6-12-18/h1-16H,(H2,23,24,25,26). The van der Waals surface area contributed by atoms with Gasteiger partial charge in [0.1, 0.15) is 11.6 Å². The largest absolute Gasteiger partial charge is 0.455 e. The molecule has 0 saturated heterocycles. The first-order valence-electron chi connectivity index (χ1n) is 8.61. The summed E-state index contributed by atoms with van der Waals surface area (Å²) in [5.41, 5.74) is 1.76. The van der Waals surface area contributed by atoms with E-state index in [1.54, 1.807) is 6.20 Å². The van der Waals surface area contributed by atoms with Crippen molar-refractivity contribution in [2.24, 2.45) is 0 Å². The molecule has 0 aliphatic carbocycles. The molecule has 0 atom stereocenters. The Morgan fingerprint density at radius 1 is 0.667 bits per heavy atom. The van der Waals surface area contributed by atoms with Crippen molar-refractivity contribution in [3.8, 4) is 11.5 Å². The van der Waals surface area contributed by atoms with Crippen molar-refractivity contribution in [2.75, 3.05) is 10.6 Å². The molecule has 0 radical (unpaired) electrons. The predicted octanol–water partition coefficient (Wildman–Crippen LogP) is 5.76. The second-order valence-corrected chi connectivity index (χ2v) is 5.79. The number of rotatable bonds is 6. The van der Waals surface area contributed by atoms with Gasteiger partial charge < -0.3 is 15.4 Å². The number of nitrogens with zero attached hydrogens (tertiary/aromatic N) is 2. The van der Waals surface area contributed by atoms with Crippen LogP contribution in [0.2, 0.25) is 0 Å². The van der Waals surface area contributed by atoms with Gasteiger partial charge in [-0.05, 0) is 42.5 Å². The minimum atomic E-state index is 0.521. The fraction of sp³-hybridized carbons (Fsp3) is 0. The summed E-state index contributed by atoms with van der Waals surface area (Å²) < 4.78 is 5.99. The molecule has 0 saturated carbocycles. The van der Waals surface area contributed by atoms with Crippen LogP contribution in [-0.2, 0) is 0 Å². The van der Waals surface area contributed by atoms with E-state index in [-0.39, 0.29) is 0 Å². The Morgan fingerprint density at radius 2 is 1.37 bits per heavy atom. The molecule has 0 unspecified atom stereocenters. The molecule has 0 spiro atoms. The Bertz CT molecular complexity index is 1010. The fourth-order valence-electron chi connectivity index (χ4n) is 2.55. The van der Waals surface area contributed by atoms with Crippen LogP contribution in [0.4, 0.5) is 23.1 Å². The zero-order chi connectivity index (χ0) is 18.3.